The van der Waals surface area contributed by atoms with Crippen molar-refractivity contribution in [2.24, 2.45) is 0 Å². The number of hydrogen-bond acceptors (Lipinski definition) is 1. The van der Waals surface area contributed by atoms with E-state index in [1.54, 1.807) is 0 Å². The van der Waals surface area contributed by atoms with Crippen LogP contribution in [0.2, 0.25) is 0 Å². The number of ether oxygens (including phenoxy) is 1. The summed E-state index contributed by atoms with van der Waals surface area (Å²) in [4.78, 5) is 0. The summed E-state index contributed by atoms with van der Waals surface area (Å²) in [6.07, 6.45) is 10.4. The molecular formula is C21H26NO. The number of benzene rings is 2. The highest BCUT2D eigenvalue weighted by Gasteiger charge is 2.19. The maximum Gasteiger partial charge on any atom is 0.153 e. The van der Waals surface area contributed by atoms with Gasteiger partial charge in [-0.25, -0.2) is 5.32 Å². The molecule has 0 saturated carbocycles. The molecule has 23 heavy (non-hydrogen) atoms. The second kappa shape index (κ2) is 8.05. The Hall–Kier alpha value is -1.96. The largest absolute Gasteiger partial charge is 0.453 e. The highest BCUT2D eigenvalue weighted by atomic mass is 16.5. The standard InChI is InChI=1S/C21H26NO/c1-2-3-4-5-6-7-8-12-17-13-11-16-20-21(17)22-18-14-9-10-15-19(18)23-20/h9-11,13-16H,2-8,12H2,1H3. The van der Waals surface area contributed by atoms with E-state index in [2.05, 4.69) is 19.1 Å². The summed E-state index contributed by atoms with van der Waals surface area (Å²) in [7, 11) is 0. The van der Waals surface area contributed by atoms with Crippen LogP contribution in [0.4, 0.5) is 11.4 Å². The van der Waals surface area contributed by atoms with Gasteiger partial charge in [0.1, 0.15) is 11.4 Å². The summed E-state index contributed by atoms with van der Waals surface area (Å²) in [6, 6.07) is 14.3. The maximum absolute atomic E-state index is 6.00. The smallest absolute Gasteiger partial charge is 0.153 e. The Kier molecular flexibility index (Phi) is 5.57. The number of fused-ring (bicyclic) bond motifs is 2. The molecule has 1 heterocycles. The topological polar surface area (TPSA) is 23.3 Å². The minimum Gasteiger partial charge on any atom is -0.453 e. The fourth-order valence-electron chi connectivity index (χ4n) is 3.13. The van der Waals surface area contributed by atoms with Gasteiger partial charge in [-0.3, -0.25) is 0 Å². The molecule has 0 saturated heterocycles. The van der Waals surface area contributed by atoms with Gasteiger partial charge in [0.05, 0.1) is 0 Å². The molecule has 0 unspecified atom stereocenters. The van der Waals surface area contributed by atoms with Crippen LogP contribution in [0.25, 0.3) is 0 Å². The minimum atomic E-state index is 0.855. The van der Waals surface area contributed by atoms with Crippen molar-refractivity contribution < 1.29 is 4.74 Å². The first-order valence-electron chi connectivity index (χ1n) is 8.99. The Morgan fingerprint density at radius 2 is 1.52 bits per heavy atom. The van der Waals surface area contributed by atoms with E-state index < -0.39 is 0 Å². The van der Waals surface area contributed by atoms with Gasteiger partial charge in [-0.05, 0) is 36.6 Å². The Morgan fingerprint density at radius 3 is 2.39 bits per heavy atom. The Labute approximate surface area is 139 Å². The van der Waals surface area contributed by atoms with Crippen molar-refractivity contribution in [1.82, 2.24) is 5.32 Å². The van der Waals surface area contributed by atoms with Crippen LogP contribution in [0, 0.1) is 0 Å². The Balaban J connectivity index is 1.56. The van der Waals surface area contributed by atoms with Crippen molar-refractivity contribution in [2.75, 3.05) is 0 Å². The average Bonchev–Trinajstić information content (AvgIpc) is 2.59. The highest BCUT2D eigenvalue weighted by molar-refractivity contribution is 5.70. The third kappa shape index (κ3) is 4.07. The van der Waals surface area contributed by atoms with Gasteiger partial charge in [-0.1, -0.05) is 69.7 Å². The second-order valence-corrected chi connectivity index (χ2v) is 6.32. The van der Waals surface area contributed by atoms with Gasteiger partial charge in [0, 0.05) is 0 Å². The van der Waals surface area contributed by atoms with Crippen molar-refractivity contribution in [1.29, 1.82) is 0 Å². The van der Waals surface area contributed by atoms with E-state index in [9.17, 15) is 0 Å². The lowest BCUT2D eigenvalue weighted by atomic mass is 10.0. The quantitative estimate of drug-likeness (QED) is 0.427. The fourth-order valence-corrected chi connectivity index (χ4v) is 3.13. The molecule has 0 aromatic heterocycles. The maximum atomic E-state index is 6.00. The number of rotatable bonds is 8. The average molecular weight is 308 g/mol. The van der Waals surface area contributed by atoms with Gasteiger partial charge in [0.15, 0.2) is 11.5 Å². The van der Waals surface area contributed by atoms with Crippen LogP contribution in [0.1, 0.15) is 57.4 Å². The van der Waals surface area contributed by atoms with Gasteiger partial charge in [0.25, 0.3) is 0 Å². The van der Waals surface area contributed by atoms with Crippen LogP contribution in [0.3, 0.4) is 0 Å². The molecule has 0 atom stereocenters. The van der Waals surface area contributed by atoms with Crippen LogP contribution in [0.15, 0.2) is 42.5 Å². The van der Waals surface area contributed by atoms with Gasteiger partial charge in [0.2, 0.25) is 0 Å². The van der Waals surface area contributed by atoms with E-state index in [0.29, 0.717) is 0 Å². The predicted molar refractivity (Wildman–Crippen MR) is 96.1 cm³/mol. The second-order valence-electron chi connectivity index (χ2n) is 6.32. The normalized spacial score (nSPS) is 12.0. The molecule has 2 aromatic carbocycles. The third-order valence-corrected chi connectivity index (χ3v) is 4.45. The summed E-state index contributed by atoms with van der Waals surface area (Å²) < 4.78 is 6.00. The SMILES string of the molecule is CCCCCCCCCc1cccc2c1[N]c1ccccc1O2. The molecule has 0 aliphatic carbocycles. The van der Waals surface area contributed by atoms with E-state index in [1.165, 1.54) is 50.5 Å². The molecule has 0 fully saturated rings. The Morgan fingerprint density at radius 1 is 0.783 bits per heavy atom. The minimum absolute atomic E-state index is 0.855. The molecule has 1 radical (unpaired) electrons. The number of aryl methyl sites for hydroxylation is 1. The first-order chi connectivity index (χ1) is 11.4. The van der Waals surface area contributed by atoms with Crippen molar-refractivity contribution >= 4 is 11.4 Å². The van der Waals surface area contributed by atoms with Crippen LogP contribution in [0.5, 0.6) is 11.5 Å². The highest BCUT2D eigenvalue weighted by Crippen LogP contribution is 2.43. The first-order valence-corrected chi connectivity index (χ1v) is 8.99. The molecule has 0 spiro atoms. The van der Waals surface area contributed by atoms with Crippen LogP contribution >= 0.6 is 0 Å². The van der Waals surface area contributed by atoms with Gasteiger partial charge >= 0.3 is 0 Å². The van der Waals surface area contributed by atoms with Crippen molar-refractivity contribution in [3.8, 4) is 11.5 Å². The molecule has 0 N–H and O–H groups in total. The van der Waals surface area contributed by atoms with Gasteiger partial charge in [-0.15, -0.1) is 0 Å². The number of hydrogen-bond donors (Lipinski definition) is 0. The lowest BCUT2D eigenvalue weighted by Crippen LogP contribution is -2.04. The first kappa shape index (κ1) is 15.9. The van der Waals surface area contributed by atoms with E-state index in [0.717, 1.165) is 29.3 Å². The monoisotopic (exact) mass is 308 g/mol. The van der Waals surface area contributed by atoms with Crippen LogP contribution < -0.4 is 10.1 Å². The summed E-state index contributed by atoms with van der Waals surface area (Å²) >= 11 is 0. The molecule has 3 rings (SSSR count). The van der Waals surface area contributed by atoms with Crippen LogP contribution in [-0.2, 0) is 6.42 Å². The molecule has 2 aromatic rings. The van der Waals surface area contributed by atoms with Crippen molar-refractivity contribution in [3.05, 3.63) is 48.0 Å². The summed E-state index contributed by atoms with van der Waals surface area (Å²) in [6.45, 7) is 2.27. The lowest BCUT2D eigenvalue weighted by Gasteiger charge is -2.21. The summed E-state index contributed by atoms with van der Waals surface area (Å²) in [5.74, 6) is 1.75. The number of unbranched alkanes of at least 4 members (excludes halogenated alkanes) is 6. The molecule has 0 bridgehead atoms. The molecule has 1 aliphatic heterocycles. The summed E-state index contributed by atoms with van der Waals surface area (Å²) in [5.41, 5.74) is 3.27. The van der Waals surface area contributed by atoms with Gasteiger partial charge in [-0.2, -0.15) is 0 Å². The summed E-state index contributed by atoms with van der Waals surface area (Å²) in [5, 5.41) is 4.82. The van der Waals surface area contributed by atoms with E-state index in [4.69, 9.17) is 10.1 Å². The molecule has 1 aliphatic rings. The predicted octanol–water partition coefficient (Wildman–Crippen LogP) is 6.65. The zero-order chi connectivity index (χ0) is 15.9. The molecular weight excluding hydrogens is 282 g/mol. The molecule has 2 heteroatoms. The van der Waals surface area contributed by atoms with Crippen molar-refractivity contribution in [3.63, 3.8) is 0 Å². The van der Waals surface area contributed by atoms with E-state index in [-0.39, 0.29) is 0 Å². The van der Waals surface area contributed by atoms with Crippen molar-refractivity contribution in [2.45, 2.75) is 58.3 Å². The Bertz CT molecular complexity index is 635. The zero-order valence-corrected chi connectivity index (χ0v) is 14.1. The van der Waals surface area contributed by atoms with E-state index >= 15 is 0 Å². The third-order valence-electron chi connectivity index (χ3n) is 4.45. The molecule has 2 nitrogen and oxygen atoms in total. The number of para-hydroxylation sites is 3. The van der Waals surface area contributed by atoms with E-state index in [1.807, 2.05) is 30.3 Å². The number of nitrogens with zero attached hydrogens (tertiary/aromatic N) is 1. The fraction of sp³-hybridized carbons (Fsp3) is 0.429. The molecule has 121 valence electrons. The van der Waals surface area contributed by atoms with Crippen LogP contribution in [-0.4, -0.2) is 0 Å². The zero-order valence-electron chi connectivity index (χ0n) is 14.1. The van der Waals surface area contributed by atoms with Gasteiger partial charge < -0.3 is 4.74 Å². The molecule has 0 amide bonds. The lowest BCUT2D eigenvalue weighted by molar-refractivity contribution is 0.470.